The van der Waals surface area contributed by atoms with Gasteiger partial charge in [0.05, 0.1) is 0 Å². The average Bonchev–Trinajstić information content (AvgIpc) is 1.88. The quantitative estimate of drug-likeness (QED) is 0.507. The maximum atomic E-state index is 11.0. The fraction of sp³-hybridized carbons (Fsp3) is 0.667. The monoisotopic (exact) mass is 138 g/mol. The van der Waals surface area contributed by atoms with Crippen molar-refractivity contribution in [3.05, 3.63) is 12.2 Å². The first kappa shape index (κ1) is 7.52. The number of hydrogen-bond donors (Lipinski definition) is 0. The summed E-state index contributed by atoms with van der Waals surface area (Å²) in [6.45, 7) is 3.84. The molecule has 0 aromatic carbocycles. The molecule has 0 bridgehead atoms. The van der Waals surface area contributed by atoms with E-state index in [1.807, 2.05) is 0 Å². The summed E-state index contributed by atoms with van der Waals surface area (Å²) < 4.78 is 0. The molecule has 0 saturated carbocycles. The highest BCUT2D eigenvalue weighted by Gasteiger charge is 2.21. The Balaban J connectivity index is 2.59. The van der Waals surface area contributed by atoms with Crippen LogP contribution in [0.1, 0.15) is 26.7 Å². The smallest absolute Gasteiger partial charge is 0.133 e. The first-order valence-electron chi connectivity index (χ1n) is 3.87. The predicted molar refractivity (Wildman–Crippen MR) is 41.7 cm³/mol. The molecule has 0 amide bonds. The number of allylic oxidation sites excluding steroid dienone is 2. The highest BCUT2D eigenvalue weighted by Crippen LogP contribution is 2.25. The molecule has 1 heteroatoms. The number of carbonyl (C=O) groups is 1. The minimum atomic E-state index is 0.296. The SMILES string of the molecule is CC(=O)[C@@H]1CC=CC[C@@H]1C. The van der Waals surface area contributed by atoms with E-state index < -0.39 is 0 Å². The summed E-state index contributed by atoms with van der Waals surface area (Å²) in [6.07, 6.45) is 6.32. The van der Waals surface area contributed by atoms with Gasteiger partial charge in [0.25, 0.3) is 0 Å². The van der Waals surface area contributed by atoms with Gasteiger partial charge in [-0.05, 0) is 25.7 Å². The normalized spacial score (nSPS) is 32.2. The summed E-state index contributed by atoms with van der Waals surface area (Å²) in [4.78, 5) is 11.0. The van der Waals surface area contributed by atoms with E-state index in [0.29, 0.717) is 17.6 Å². The molecule has 1 aliphatic carbocycles. The van der Waals surface area contributed by atoms with Crippen LogP contribution >= 0.6 is 0 Å². The number of ketones is 1. The van der Waals surface area contributed by atoms with Gasteiger partial charge in [0.1, 0.15) is 5.78 Å². The molecule has 0 aliphatic heterocycles. The molecule has 0 N–H and O–H groups in total. The molecule has 0 heterocycles. The lowest BCUT2D eigenvalue weighted by atomic mass is 9.82. The van der Waals surface area contributed by atoms with Crippen molar-refractivity contribution in [2.45, 2.75) is 26.7 Å². The van der Waals surface area contributed by atoms with Gasteiger partial charge in [-0.1, -0.05) is 19.1 Å². The standard InChI is InChI=1S/C9H14O/c1-7-5-3-4-6-9(7)8(2)10/h3-4,7,9H,5-6H2,1-2H3/t7-,9+/m0/s1. The van der Waals surface area contributed by atoms with Crippen molar-refractivity contribution in [2.75, 3.05) is 0 Å². The van der Waals surface area contributed by atoms with Crippen molar-refractivity contribution in [3.63, 3.8) is 0 Å². The molecule has 0 spiro atoms. The second-order valence-electron chi connectivity index (χ2n) is 3.14. The number of Topliss-reactive ketones (excluding diaryl/α,β-unsaturated/α-hetero) is 1. The molecule has 0 saturated heterocycles. The van der Waals surface area contributed by atoms with Gasteiger partial charge >= 0.3 is 0 Å². The topological polar surface area (TPSA) is 17.1 Å². The third kappa shape index (κ3) is 1.47. The molecule has 0 radical (unpaired) electrons. The van der Waals surface area contributed by atoms with Gasteiger partial charge in [-0.15, -0.1) is 0 Å². The van der Waals surface area contributed by atoms with Crippen LogP contribution in [0.5, 0.6) is 0 Å². The largest absolute Gasteiger partial charge is 0.300 e. The van der Waals surface area contributed by atoms with Crippen molar-refractivity contribution in [3.8, 4) is 0 Å². The van der Waals surface area contributed by atoms with Crippen LogP contribution in [0, 0.1) is 11.8 Å². The maximum absolute atomic E-state index is 11.0. The van der Waals surface area contributed by atoms with Crippen LogP contribution in [0.15, 0.2) is 12.2 Å². The second kappa shape index (κ2) is 3.00. The Morgan fingerprint density at radius 3 is 2.40 bits per heavy atom. The van der Waals surface area contributed by atoms with Gasteiger partial charge in [-0.2, -0.15) is 0 Å². The van der Waals surface area contributed by atoms with Gasteiger partial charge in [0.2, 0.25) is 0 Å². The minimum Gasteiger partial charge on any atom is -0.300 e. The van der Waals surface area contributed by atoms with E-state index in [2.05, 4.69) is 19.1 Å². The zero-order chi connectivity index (χ0) is 7.56. The van der Waals surface area contributed by atoms with Crippen LogP contribution in [0.4, 0.5) is 0 Å². The van der Waals surface area contributed by atoms with Gasteiger partial charge in [0, 0.05) is 5.92 Å². The summed E-state index contributed by atoms with van der Waals surface area (Å²) in [6, 6.07) is 0. The van der Waals surface area contributed by atoms with Crippen molar-refractivity contribution >= 4 is 5.78 Å². The first-order chi connectivity index (χ1) is 4.72. The Morgan fingerprint density at radius 1 is 1.40 bits per heavy atom. The molecule has 56 valence electrons. The van der Waals surface area contributed by atoms with E-state index in [-0.39, 0.29) is 0 Å². The summed E-state index contributed by atoms with van der Waals surface area (Å²) in [5, 5.41) is 0. The molecular formula is C9H14O. The Bertz CT molecular complexity index is 158. The van der Waals surface area contributed by atoms with Crippen LogP contribution in [-0.4, -0.2) is 5.78 Å². The van der Waals surface area contributed by atoms with E-state index in [1.165, 1.54) is 0 Å². The Labute approximate surface area is 62.1 Å². The summed E-state index contributed by atoms with van der Waals surface area (Å²) in [5.41, 5.74) is 0. The molecule has 0 aromatic heterocycles. The van der Waals surface area contributed by atoms with Crippen LogP contribution in [0.25, 0.3) is 0 Å². The van der Waals surface area contributed by atoms with Crippen LogP contribution < -0.4 is 0 Å². The number of hydrogen-bond acceptors (Lipinski definition) is 1. The lowest BCUT2D eigenvalue weighted by molar-refractivity contribution is -0.122. The molecule has 1 nitrogen and oxygen atoms in total. The van der Waals surface area contributed by atoms with Gasteiger partial charge < -0.3 is 0 Å². The van der Waals surface area contributed by atoms with Crippen LogP contribution in [-0.2, 0) is 4.79 Å². The summed E-state index contributed by atoms with van der Waals surface area (Å²) in [7, 11) is 0. The third-order valence-corrected chi connectivity index (χ3v) is 2.27. The number of carbonyl (C=O) groups excluding carboxylic acids is 1. The predicted octanol–water partition coefficient (Wildman–Crippen LogP) is 2.18. The van der Waals surface area contributed by atoms with Gasteiger partial charge in [-0.25, -0.2) is 0 Å². The average molecular weight is 138 g/mol. The molecule has 0 aromatic rings. The maximum Gasteiger partial charge on any atom is 0.133 e. The lowest BCUT2D eigenvalue weighted by Crippen LogP contribution is -2.20. The fourth-order valence-corrected chi connectivity index (χ4v) is 1.52. The zero-order valence-corrected chi connectivity index (χ0v) is 6.63. The Morgan fingerprint density at radius 2 is 2.00 bits per heavy atom. The van der Waals surface area contributed by atoms with Crippen molar-refractivity contribution in [2.24, 2.45) is 11.8 Å². The minimum absolute atomic E-state index is 0.296. The second-order valence-corrected chi connectivity index (χ2v) is 3.14. The molecule has 1 rings (SSSR count). The fourth-order valence-electron chi connectivity index (χ4n) is 1.52. The van der Waals surface area contributed by atoms with E-state index >= 15 is 0 Å². The summed E-state index contributed by atoms with van der Waals surface area (Å²) >= 11 is 0. The van der Waals surface area contributed by atoms with E-state index in [1.54, 1.807) is 6.92 Å². The molecule has 1 aliphatic rings. The Hall–Kier alpha value is -0.590. The zero-order valence-electron chi connectivity index (χ0n) is 6.63. The molecule has 2 atom stereocenters. The van der Waals surface area contributed by atoms with E-state index in [0.717, 1.165) is 12.8 Å². The highest BCUT2D eigenvalue weighted by atomic mass is 16.1. The van der Waals surface area contributed by atoms with E-state index in [4.69, 9.17) is 0 Å². The first-order valence-corrected chi connectivity index (χ1v) is 3.87. The lowest BCUT2D eigenvalue weighted by Gasteiger charge is -2.21. The molecular weight excluding hydrogens is 124 g/mol. The van der Waals surface area contributed by atoms with E-state index in [9.17, 15) is 4.79 Å². The Kier molecular flexibility index (Phi) is 2.25. The summed E-state index contributed by atoms with van der Waals surface area (Å²) in [5.74, 6) is 1.20. The van der Waals surface area contributed by atoms with Crippen LogP contribution in [0.3, 0.4) is 0 Å². The van der Waals surface area contributed by atoms with Gasteiger partial charge in [-0.3, -0.25) is 4.79 Å². The van der Waals surface area contributed by atoms with Crippen molar-refractivity contribution in [1.82, 2.24) is 0 Å². The number of rotatable bonds is 1. The molecule has 0 fully saturated rings. The third-order valence-electron chi connectivity index (χ3n) is 2.27. The highest BCUT2D eigenvalue weighted by molar-refractivity contribution is 5.78. The van der Waals surface area contributed by atoms with Crippen LogP contribution in [0.2, 0.25) is 0 Å². The van der Waals surface area contributed by atoms with Gasteiger partial charge in [0.15, 0.2) is 0 Å². The molecule has 10 heavy (non-hydrogen) atoms. The molecule has 0 unspecified atom stereocenters. The van der Waals surface area contributed by atoms with Crippen molar-refractivity contribution in [1.29, 1.82) is 0 Å². The van der Waals surface area contributed by atoms with Crippen molar-refractivity contribution < 1.29 is 4.79 Å².